The quantitative estimate of drug-likeness (QED) is 0.161. The third kappa shape index (κ3) is 7.03. The van der Waals surface area contributed by atoms with E-state index in [0.29, 0.717) is 0 Å². The van der Waals surface area contributed by atoms with Gasteiger partial charge < -0.3 is 0 Å². The van der Waals surface area contributed by atoms with Gasteiger partial charge >= 0.3 is 0 Å². The third-order valence-corrected chi connectivity index (χ3v) is 8.22. The fourth-order valence-corrected chi connectivity index (χ4v) is 5.82. The van der Waals surface area contributed by atoms with E-state index in [1.165, 1.54) is 39.8 Å². The Labute approximate surface area is 212 Å². The predicted octanol–water partition coefficient (Wildman–Crippen LogP) is 6.44. The molecule has 0 radical (unpaired) electrons. The first-order chi connectivity index (χ1) is 16.6. The Hall–Kier alpha value is -2.94. The van der Waals surface area contributed by atoms with Crippen molar-refractivity contribution in [3.63, 3.8) is 0 Å². The van der Waals surface area contributed by atoms with Crippen LogP contribution in [-0.4, -0.2) is 27.6 Å². The lowest BCUT2D eigenvalue weighted by Gasteiger charge is -2.05. The van der Waals surface area contributed by atoms with Gasteiger partial charge in [0.1, 0.15) is 0 Å². The summed E-state index contributed by atoms with van der Waals surface area (Å²) in [6.45, 7) is 3.96. The number of benzene rings is 3. The molecule has 1 aromatic heterocycles. The highest BCUT2D eigenvalue weighted by molar-refractivity contribution is 8.03. The molecule has 34 heavy (non-hydrogen) atoms. The van der Waals surface area contributed by atoms with Gasteiger partial charge in [-0.2, -0.15) is 5.10 Å². The number of nitrogens with zero attached hydrogens (tertiary/aromatic N) is 3. The van der Waals surface area contributed by atoms with Crippen LogP contribution in [0.1, 0.15) is 23.6 Å². The number of carbonyl (C=O) groups is 1. The predicted molar refractivity (Wildman–Crippen MR) is 144 cm³/mol. The zero-order valence-corrected chi connectivity index (χ0v) is 21.3. The highest BCUT2D eigenvalue weighted by Crippen LogP contribution is 2.30. The first-order valence-corrected chi connectivity index (χ1v) is 13.5. The summed E-state index contributed by atoms with van der Waals surface area (Å²) in [5.74, 6) is 0.913. The van der Waals surface area contributed by atoms with Crippen molar-refractivity contribution in [3.8, 4) is 11.1 Å². The Morgan fingerprint density at radius 1 is 0.882 bits per heavy atom. The maximum absolute atomic E-state index is 12.2. The van der Waals surface area contributed by atoms with E-state index in [4.69, 9.17) is 0 Å². The van der Waals surface area contributed by atoms with Crippen molar-refractivity contribution in [1.82, 2.24) is 15.6 Å². The first kappa shape index (κ1) is 24.2. The first-order valence-electron chi connectivity index (χ1n) is 10.7. The van der Waals surface area contributed by atoms with Crippen LogP contribution in [0.5, 0.6) is 0 Å². The lowest BCUT2D eigenvalue weighted by atomic mass is 10.0. The molecule has 1 N–H and O–H groups in total. The number of hydrogen-bond acceptors (Lipinski definition) is 7. The van der Waals surface area contributed by atoms with Crippen LogP contribution in [0, 0.1) is 6.92 Å². The number of rotatable bonds is 9. The van der Waals surface area contributed by atoms with Crippen LogP contribution in [0.15, 0.2) is 92.6 Å². The molecule has 8 heteroatoms. The van der Waals surface area contributed by atoms with Crippen LogP contribution in [0.4, 0.5) is 0 Å². The maximum atomic E-state index is 12.2. The van der Waals surface area contributed by atoms with E-state index >= 15 is 0 Å². The number of carbonyl (C=O) groups excluding carboxylic acids is 1. The summed E-state index contributed by atoms with van der Waals surface area (Å²) >= 11 is 4.53. The fourth-order valence-electron chi connectivity index (χ4n) is 3.05. The van der Waals surface area contributed by atoms with E-state index in [9.17, 15) is 4.79 Å². The molecule has 5 nitrogen and oxygen atoms in total. The molecule has 0 aliphatic carbocycles. The minimum atomic E-state index is -0.172. The lowest BCUT2D eigenvalue weighted by molar-refractivity contribution is -0.118. The van der Waals surface area contributed by atoms with E-state index < -0.39 is 0 Å². The summed E-state index contributed by atoms with van der Waals surface area (Å²) < 4.78 is 1.68. The fraction of sp³-hybridized carbons (Fsp3) is 0.154. The molecule has 1 amide bonds. The monoisotopic (exact) mass is 504 g/mol. The Morgan fingerprint density at radius 2 is 1.53 bits per heavy atom. The van der Waals surface area contributed by atoms with Crippen LogP contribution in [0.3, 0.4) is 0 Å². The molecule has 3 aromatic carbocycles. The second kappa shape index (κ2) is 12.0. The van der Waals surface area contributed by atoms with Gasteiger partial charge in [-0.25, -0.2) is 5.43 Å². The summed E-state index contributed by atoms with van der Waals surface area (Å²) in [6, 6.07) is 26.8. The molecule has 0 saturated carbocycles. The van der Waals surface area contributed by atoms with Gasteiger partial charge in [-0.1, -0.05) is 119 Å². The zero-order chi connectivity index (χ0) is 23.8. The maximum Gasteiger partial charge on any atom is 0.250 e. The van der Waals surface area contributed by atoms with Gasteiger partial charge in [0, 0.05) is 5.75 Å². The molecule has 0 saturated heterocycles. The molecule has 0 aliphatic rings. The Kier molecular flexibility index (Phi) is 8.51. The minimum absolute atomic E-state index is 0.172. The third-order valence-electron chi connectivity index (χ3n) is 4.96. The van der Waals surface area contributed by atoms with E-state index in [2.05, 4.69) is 76.2 Å². The largest absolute Gasteiger partial charge is 0.272 e. The molecule has 0 unspecified atom stereocenters. The summed E-state index contributed by atoms with van der Waals surface area (Å²) in [5, 5.41) is 12.7. The summed E-state index contributed by atoms with van der Waals surface area (Å²) in [6.07, 6.45) is 0. The smallest absolute Gasteiger partial charge is 0.250 e. The number of thioether (sulfide) groups is 2. The highest BCUT2D eigenvalue weighted by atomic mass is 32.2. The minimum Gasteiger partial charge on any atom is -0.272 e. The standard InChI is InChI=1S/C26H24N4OS3/c1-18-8-10-20(11-9-18)16-32-25-29-30-26(34-25)33-17-24(31)28-27-19(2)21-12-14-23(15-13-21)22-6-4-3-5-7-22/h3-15H,16-17H2,1-2H3,(H,28,31). The molecule has 4 aromatic rings. The topological polar surface area (TPSA) is 67.2 Å². The van der Waals surface area contributed by atoms with Crippen molar-refractivity contribution in [2.45, 2.75) is 28.3 Å². The van der Waals surface area contributed by atoms with Gasteiger partial charge in [-0.3, -0.25) is 4.79 Å². The highest BCUT2D eigenvalue weighted by Gasteiger charge is 2.09. The van der Waals surface area contributed by atoms with Crippen LogP contribution >= 0.6 is 34.9 Å². The molecule has 0 bridgehead atoms. The van der Waals surface area contributed by atoms with Gasteiger partial charge in [0.25, 0.3) is 5.91 Å². The van der Waals surface area contributed by atoms with Crippen molar-refractivity contribution in [2.24, 2.45) is 5.10 Å². The Balaban J connectivity index is 1.23. The molecule has 0 aliphatic heterocycles. The second-order valence-corrected chi connectivity index (χ2v) is 11.0. The normalized spacial score (nSPS) is 11.4. The van der Waals surface area contributed by atoms with E-state index in [1.54, 1.807) is 11.8 Å². The Morgan fingerprint density at radius 3 is 2.24 bits per heavy atom. The number of aromatic nitrogens is 2. The molecular formula is C26H24N4OS3. The molecule has 4 rings (SSSR count). The van der Waals surface area contributed by atoms with Crippen LogP contribution in [0.2, 0.25) is 0 Å². The molecule has 172 valence electrons. The average molecular weight is 505 g/mol. The zero-order valence-electron chi connectivity index (χ0n) is 18.9. The molecule has 0 atom stereocenters. The van der Waals surface area contributed by atoms with Crippen molar-refractivity contribution < 1.29 is 4.79 Å². The van der Waals surface area contributed by atoms with Gasteiger partial charge in [0.05, 0.1) is 11.5 Å². The van der Waals surface area contributed by atoms with Crippen LogP contribution in [0.25, 0.3) is 11.1 Å². The SMILES string of the molecule is CC(=NNC(=O)CSc1nnc(SCc2ccc(C)cc2)s1)c1ccc(-c2ccccc2)cc1. The van der Waals surface area contributed by atoms with Crippen molar-refractivity contribution in [2.75, 3.05) is 5.75 Å². The number of nitrogens with one attached hydrogen (secondary N) is 1. The Bertz CT molecular complexity index is 1250. The molecular weight excluding hydrogens is 481 g/mol. The van der Waals surface area contributed by atoms with Gasteiger partial charge in [0.15, 0.2) is 8.68 Å². The lowest BCUT2D eigenvalue weighted by Crippen LogP contribution is -2.21. The second-order valence-electron chi connectivity index (χ2n) is 7.57. The van der Waals surface area contributed by atoms with E-state index in [-0.39, 0.29) is 11.7 Å². The van der Waals surface area contributed by atoms with Crippen LogP contribution < -0.4 is 5.43 Å². The summed E-state index contributed by atoms with van der Waals surface area (Å²) in [5.41, 5.74) is 9.17. The number of aryl methyl sites for hydroxylation is 1. The van der Waals surface area contributed by atoms with Gasteiger partial charge in [-0.05, 0) is 36.1 Å². The number of amides is 1. The van der Waals surface area contributed by atoms with Crippen molar-refractivity contribution >= 4 is 46.5 Å². The summed E-state index contributed by atoms with van der Waals surface area (Å²) in [7, 11) is 0. The average Bonchev–Trinajstić information content (AvgIpc) is 3.34. The van der Waals surface area contributed by atoms with Gasteiger partial charge in [-0.15, -0.1) is 10.2 Å². The van der Waals surface area contributed by atoms with E-state index in [1.807, 2.05) is 37.3 Å². The molecule has 0 fully saturated rings. The summed E-state index contributed by atoms with van der Waals surface area (Å²) in [4.78, 5) is 12.2. The van der Waals surface area contributed by atoms with Crippen molar-refractivity contribution in [1.29, 1.82) is 0 Å². The van der Waals surface area contributed by atoms with Crippen LogP contribution in [-0.2, 0) is 10.5 Å². The molecule has 0 spiro atoms. The van der Waals surface area contributed by atoms with Gasteiger partial charge in [0.2, 0.25) is 0 Å². The number of hydrogen-bond donors (Lipinski definition) is 1. The molecule has 1 heterocycles. The number of hydrazone groups is 1. The van der Waals surface area contributed by atoms with Crippen molar-refractivity contribution in [3.05, 3.63) is 95.6 Å². The van der Waals surface area contributed by atoms with E-state index in [0.717, 1.165) is 31.3 Å².